The van der Waals surface area contributed by atoms with Crippen LogP contribution in [0.1, 0.15) is 30.9 Å². The number of hydrogen-bond donors (Lipinski definition) is 2. The second kappa shape index (κ2) is 13.1. The molecule has 0 aromatic heterocycles. The van der Waals surface area contributed by atoms with Gasteiger partial charge in [-0.2, -0.15) is 0 Å². The van der Waals surface area contributed by atoms with Crippen molar-refractivity contribution >= 4 is 56.9 Å². The van der Waals surface area contributed by atoms with Gasteiger partial charge in [-0.1, -0.05) is 70.0 Å². The maximum atomic E-state index is 14.7. The van der Waals surface area contributed by atoms with Crippen molar-refractivity contribution < 1.29 is 33.8 Å². The highest BCUT2D eigenvalue weighted by atomic mass is 79.9. The number of rotatable bonds is 5. The summed E-state index contributed by atoms with van der Waals surface area (Å²) in [7, 11) is 0. The van der Waals surface area contributed by atoms with Crippen LogP contribution < -0.4 is 10.2 Å². The van der Waals surface area contributed by atoms with E-state index in [1.165, 1.54) is 4.90 Å². The van der Waals surface area contributed by atoms with Crippen LogP contribution in [0.25, 0.3) is 0 Å². The molecule has 2 fully saturated rings. The molecule has 12 heteroatoms. The molecule has 3 amide bonds. The molecule has 0 radical (unpaired) electrons. The first-order valence-corrected chi connectivity index (χ1v) is 16.1. The summed E-state index contributed by atoms with van der Waals surface area (Å²) in [5.41, 5.74) is -0.210. The Morgan fingerprint density at radius 1 is 1.02 bits per heavy atom. The number of likely N-dealkylation sites (tertiary alicyclic amines) is 1. The Bertz CT molecular complexity index is 1530. The first-order valence-electron chi connectivity index (χ1n) is 15.0. The first-order chi connectivity index (χ1) is 21.7. The molecular formula is C33H33BrClN3O7. The van der Waals surface area contributed by atoms with Crippen molar-refractivity contribution in [1.82, 2.24) is 10.2 Å². The number of aliphatic hydroxyl groups excluding tert-OH is 1. The molecule has 5 bridgehead atoms. The van der Waals surface area contributed by atoms with Crippen LogP contribution >= 0.6 is 27.5 Å². The molecule has 4 heterocycles. The van der Waals surface area contributed by atoms with E-state index in [0.29, 0.717) is 27.2 Å². The third-order valence-electron chi connectivity index (χ3n) is 8.80. The molecule has 10 nitrogen and oxygen atoms in total. The minimum Gasteiger partial charge on any atom is -0.455 e. The van der Waals surface area contributed by atoms with Gasteiger partial charge in [-0.3, -0.25) is 19.2 Å². The average Bonchev–Trinajstić information content (AvgIpc) is 3.63. The van der Waals surface area contributed by atoms with Gasteiger partial charge in [0.25, 0.3) is 5.91 Å². The molecule has 6 rings (SSSR count). The molecule has 4 aliphatic rings. The van der Waals surface area contributed by atoms with Gasteiger partial charge in [-0.25, -0.2) is 0 Å². The average molecular weight is 699 g/mol. The highest BCUT2D eigenvalue weighted by Gasteiger charge is 2.75. The summed E-state index contributed by atoms with van der Waals surface area (Å²) in [6.45, 7) is 0.0990. The van der Waals surface area contributed by atoms with E-state index in [0.717, 1.165) is 0 Å². The quantitative estimate of drug-likeness (QED) is 0.361. The Kier molecular flexibility index (Phi) is 9.15. The number of carbonyl (C=O) groups excluding carboxylic acids is 4. The summed E-state index contributed by atoms with van der Waals surface area (Å²) in [6.07, 6.45) is 4.58. The zero-order valence-corrected chi connectivity index (χ0v) is 26.7. The lowest BCUT2D eigenvalue weighted by molar-refractivity contribution is -0.159. The number of ether oxygens (including phenoxy) is 2. The van der Waals surface area contributed by atoms with Gasteiger partial charge in [-0.15, -0.1) is 0 Å². The molecule has 1 spiro atoms. The monoisotopic (exact) mass is 697 g/mol. The standard InChI is InChI=1S/C33H33BrClN3O7/c34-23-18-33-27-26(28(23)45-33)32(43)44-24(20-8-3-1-4-9-20)19-36-25(40)10-5-2-6-15-37(22-13-11-21(35)12-14-22)31(42)29(33)38(30(27)41)16-7-17-39/h1-4,6,8-9,11-14,18,24,26-29,39H,5,7,10,15-17,19H2,(H,36,40)/b6-2-/t24-,26-,27+,28-,29-,33+/m0/s1. The first kappa shape index (κ1) is 31.5. The molecule has 6 atom stereocenters. The fourth-order valence-electron chi connectivity index (χ4n) is 6.76. The van der Waals surface area contributed by atoms with E-state index < -0.39 is 53.5 Å². The van der Waals surface area contributed by atoms with Crippen molar-refractivity contribution in [2.24, 2.45) is 11.8 Å². The number of hydrogen-bond acceptors (Lipinski definition) is 7. The summed E-state index contributed by atoms with van der Waals surface area (Å²) < 4.78 is 13.1. The van der Waals surface area contributed by atoms with Crippen molar-refractivity contribution in [3.8, 4) is 0 Å². The topological polar surface area (TPSA) is 125 Å². The number of aliphatic hydroxyl groups is 1. The number of cyclic esters (lactones) is 1. The lowest BCUT2D eigenvalue weighted by Crippen LogP contribution is -2.56. The lowest BCUT2D eigenvalue weighted by Gasteiger charge is -2.35. The van der Waals surface area contributed by atoms with Gasteiger partial charge in [-0.05, 0) is 48.7 Å². The van der Waals surface area contributed by atoms with Gasteiger partial charge in [0.15, 0.2) is 0 Å². The molecule has 0 unspecified atom stereocenters. The van der Waals surface area contributed by atoms with E-state index in [1.807, 2.05) is 30.4 Å². The van der Waals surface area contributed by atoms with Gasteiger partial charge >= 0.3 is 5.97 Å². The summed E-state index contributed by atoms with van der Waals surface area (Å²) in [6, 6.07) is 14.8. The van der Waals surface area contributed by atoms with E-state index in [2.05, 4.69) is 21.2 Å². The molecule has 236 valence electrons. The van der Waals surface area contributed by atoms with E-state index in [-0.39, 0.29) is 45.0 Å². The molecule has 2 N–H and O–H groups in total. The van der Waals surface area contributed by atoms with Crippen molar-refractivity contribution in [1.29, 1.82) is 0 Å². The Hall–Kier alpha value is -3.51. The van der Waals surface area contributed by atoms with Crippen LogP contribution in [0, 0.1) is 11.8 Å². The molecule has 4 aliphatic heterocycles. The van der Waals surface area contributed by atoms with Gasteiger partial charge in [0.2, 0.25) is 11.8 Å². The summed E-state index contributed by atoms with van der Waals surface area (Å²) in [4.78, 5) is 58.8. The fraction of sp³-hybridized carbons (Fsp3) is 0.394. The van der Waals surface area contributed by atoms with E-state index in [9.17, 15) is 24.3 Å². The SMILES string of the molecule is O=C1CC/C=C\CN(c2ccc(Cl)cc2)C(=O)[C@@H]2N(CCCO)C(=O)[C@H]3[C@H](C(=O)O[C@H](c4ccccc4)CN1)[C@H]1O[C@@]23C=C1Br. The van der Waals surface area contributed by atoms with Gasteiger partial charge in [0, 0.05) is 41.3 Å². The van der Waals surface area contributed by atoms with Gasteiger partial charge < -0.3 is 29.7 Å². The Balaban J connectivity index is 1.44. The predicted molar refractivity (Wildman–Crippen MR) is 169 cm³/mol. The minimum absolute atomic E-state index is 0.0470. The molecule has 2 saturated heterocycles. The number of carbonyl (C=O) groups is 4. The number of benzene rings is 2. The van der Waals surface area contributed by atoms with Crippen LogP contribution in [-0.2, 0) is 28.7 Å². The molecule has 45 heavy (non-hydrogen) atoms. The zero-order valence-electron chi connectivity index (χ0n) is 24.3. The van der Waals surface area contributed by atoms with Crippen LogP contribution in [0.4, 0.5) is 5.69 Å². The second-order valence-electron chi connectivity index (χ2n) is 11.5. The third kappa shape index (κ3) is 5.82. The van der Waals surface area contributed by atoms with E-state index >= 15 is 0 Å². The molecular weight excluding hydrogens is 666 g/mol. The minimum atomic E-state index is -1.45. The predicted octanol–water partition coefficient (Wildman–Crippen LogP) is 3.68. The van der Waals surface area contributed by atoms with Crippen LogP contribution in [-0.4, -0.2) is 77.7 Å². The summed E-state index contributed by atoms with van der Waals surface area (Å²) in [5.74, 6) is -3.79. The van der Waals surface area contributed by atoms with Crippen LogP contribution in [0.2, 0.25) is 5.02 Å². The highest BCUT2D eigenvalue weighted by molar-refractivity contribution is 9.11. The fourth-order valence-corrected chi connectivity index (χ4v) is 7.62. The van der Waals surface area contributed by atoms with Crippen molar-refractivity contribution in [3.05, 3.63) is 87.9 Å². The van der Waals surface area contributed by atoms with Crippen LogP contribution in [0.15, 0.2) is 77.3 Å². The van der Waals surface area contributed by atoms with Crippen molar-refractivity contribution in [2.75, 3.05) is 31.1 Å². The molecule has 2 aromatic carbocycles. The Morgan fingerprint density at radius 3 is 2.51 bits per heavy atom. The van der Waals surface area contributed by atoms with Crippen molar-refractivity contribution in [3.63, 3.8) is 0 Å². The Labute approximate surface area is 274 Å². The maximum Gasteiger partial charge on any atom is 0.313 e. The lowest BCUT2D eigenvalue weighted by atomic mass is 9.74. The number of amides is 3. The summed E-state index contributed by atoms with van der Waals surface area (Å²) >= 11 is 9.71. The van der Waals surface area contributed by atoms with Gasteiger partial charge in [0.1, 0.15) is 29.8 Å². The number of anilines is 1. The van der Waals surface area contributed by atoms with Crippen LogP contribution in [0.5, 0.6) is 0 Å². The highest BCUT2D eigenvalue weighted by Crippen LogP contribution is 2.59. The Morgan fingerprint density at radius 2 is 1.78 bits per heavy atom. The van der Waals surface area contributed by atoms with Crippen molar-refractivity contribution in [2.45, 2.75) is 43.1 Å². The number of nitrogens with zero attached hydrogens (tertiary/aromatic N) is 2. The number of fused-ring (bicyclic) bond motifs is 2. The number of nitrogens with one attached hydrogen (secondary N) is 1. The zero-order chi connectivity index (χ0) is 31.7. The number of esters is 1. The normalized spacial score (nSPS) is 31.0. The number of halogens is 2. The number of allylic oxidation sites excluding steroid dienone is 1. The second-order valence-corrected chi connectivity index (χ2v) is 12.9. The molecule has 2 aromatic rings. The molecule has 0 saturated carbocycles. The largest absolute Gasteiger partial charge is 0.455 e. The smallest absolute Gasteiger partial charge is 0.313 e. The maximum absolute atomic E-state index is 14.7. The molecule has 0 aliphatic carbocycles. The third-order valence-corrected chi connectivity index (χ3v) is 9.73. The van der Waals surface area contributed by atoms with Crippen LogP contribution in [0.3, 0.4) is 0 Å². The van der Waals surface area contributed by atoms with E-state index in [1.54, 1.807) is 47.4 Å². The van der Waals surface area contributed by atoms with E-state index in [4.69, 9.17) is 21.1 Å². The summed E-state index contributed by atoms with van der Waals surface area (Å²) in [5, 5.41) is 13.1. The van der Waals surface area contributed by atoms with Gasteiger partial charge in [0.05, 0.1) is 12.5 Å².